The minimum absolute atomic E-state index is 0.0933. The molecule has 3 aliphatic heterocycles. The highest BCUT2D eigenvalue weighted by Gasteiger charge is 2.42. The summed E-state index contributed by atoms with van der Waals surface area (Å²) in [6.07, 6.45) is 0.413. The number of nitrogens with one attached hydrogen (secondary N) is 1. The molecule has 3 atom stereocenters. The van der Waals surface area contributed by atoms with Crippen LogP contribution < -0.4 is 5.32 Å². The number of hydrogen-bond donors (Lipinski definition) is 1. The van der Waals surface area contributed by atoms with Gasteiger partial charge < -0.3 is 15.1 Å². The Bertz CT molecular complexity index is 359. The summed E-state index contributed by atoms with van der Waals surface area (Å²) >= 11 is 0. The Morgan fingerprint density at radius 1 is 1.28 bits per heavy atom. The molecule has 0 aliphatic carbocycles. The lowest BCUT2D eigenvalue weighted by atomic mass is 10.0. The van der Waals surface area contributed by atoms with Crippen LogP contribution in [0.15, 0.2) is 0 Å². The van der Waals surface area contributed by atoms with Crippen molar-refractivity contribution in [2.75, 3.05) is 39.3 Å². The topological polar surface area (TPSA) is 52.7 Å². The van der Waals surface area contributed by atoms with Gasteiger partial charge in [-0.15, -0.1) is 0 Å². The first kappa shape index (κ1) is 12.0. The van der Waals surface area contributed by atoms with E-state index in [1.807, 2.05) is 11.8 Å². The first-order valence-electron chi connectivity index (χ1n) is 6.96. The van der Waals surface area contributed by atoms with Crippen molar-refractivity contribution in [3.05, 3.63) is 0 Å². The lowest BCUT2D eigenvalue weighted by molar-refractivity contribution is -0.135. The van der Waals surface area contributed by atoms with Crippen LogP contribution in [-0.2, 0) is 9.59 Å². The lowest BCUT2D eigenvalue weighted by Gasteiger charge is -2.21. The Morgan fingerprint density at radius 3 is 2.50 bits per heavy atom. The fourth-order valence-corrected chi connectivity index (χ4v) is 3.54. The molecule has 1 unspecified atom stereocenters. The second-order valence-corrected chi connectivity index (χ2v) is 5.76. The molecule has 5 nitrogen and oxygen atoms in total. The zero-order valence-corrected chi connectivity index (χ0v) is 10.9. The molecular formula is C13H21N3O2. The summed E-state index contributed by atoms with van der Waals surface area (Å²) in [5, 5.41) is 3.38. The molecule has 0 radical (unpaired) electrons. The van der Waals surface area contributed by atoms with Crippen LogP contribution in [0.4, 0.5) is 0 Å². The zero-order chi connectivity index (χ0) is 12.7. The van der Waals surface area contributed by atoms with E-state index in [2.05, 4.69) is 5.32 Å². The summed E-state index contributed by atoms with van der Waals surface area (Å²) in [6.45, 7) is 7.16. The Balaban J connectivity index is 1.61. The first-order valence-corrected chi connectivity index (χ1v) is 6.96. The van der Waals surface area contributed by atoms with Gasteiger partial charge in [-0.25, -0.2) is 0 Å². The van der Waals surface area contributed by atoms with E-state index in [0.29, 0.717) is 24.8 Å². The van der Waals surface area contributed by atoms with E-state index in [1.54, 1.807) is 4.90 Å². The summed E-state index contributed by atoms with van der Waals surface area (Å²) < 4.78 is 0. The van der Waals surface area contributed by atoms with Gasteiger partial charge in [0.25, 0.3) is 0 Å². The molecule has 0 spiro atoms. The van der Waals surface area contributed by atoms with Gasteiger partial charge in [0.15, 0.2) is 0 Å². The van der Waals surface area contributed by atoms with Gasteiger partial charge in [-0.1, -0.05) is 0 Å². The molecule has 3 aliphatic rings. The summed E-state index contributed by atoms with van der Waals surface area (Å²) in [6, 6.07) is 0. The number of fused-ring (bicyclic) bond motifs is 1. The van der Waals surface area contributed by atoms with Gasteiger partial charge in [0.2, 0.25) is 11.8 Å². The van der Waals surface area contributed by atoms with Crippen molar-refractivity contribution in [2.45, 2.75) is 13.3 Å². The third-order valence-corrected chi connectivity index (χ3v) is 4.65. The van der Waals surface area contributed by atoms with Crippen LogP contribution in [-0.4, -0.2) is 60.9 Å². The van der Waals surface area contributed by atoms with Gasteiger partial charge in [-0.05, 0) is 18.8 Å². The van der Waals surface area contributed by atoms with Gasteiger partial charge >= 0.3 is 0 Å². The van der Waals surface area contributed by atoms with E-state index >= 15 is 0 Å². The molecule has 0 aromatic heterocycles. The third-order valence-electron chi connectivity index (χ3n) is 4.65. The quantitative estimate of drug-likeness (QED) is 0.722. The summed E-state index contributed by atoms with van der Waals surface area (Å²) in [5.74, 6) is 1.51. The Kier molecular flexibility index (Phi) is 3.01. The highest BCUT2D eigenvalue weighted by Crippen LogP contribution is 2.29. The maximum Gasteiger partial charge on any atom is 0.228 e. The summed E-state index contributed by atoms with van der Waals surface area (Å²) in [4.78, 5) is 27.9. The summed E-state index contributed by atoms with van der Waals surface area (Å²) in [5.41, 5.74) is 0. The first-order chi connectivity index (χ1) is 8.69. The van der Waals surface area contributed by atoms with Crippen LogP contribution >= 0.6 is 0 Å². The average molecular weight is 251 g/mol. The van der Waals surface area contributed by atoms with E-state index in [9.17, 15) is 9.59 Å². The number of rotatable bonds is 2. The van der Waals surface area contributed by atoms with E-state index in [1.165, 1.54) is 0 Å². The molecule has 0 aromatic carbocycles. The number of likely N-dealkylation sites (tertiary alicyclic amines) is 2. The third kappa shape index (κ3) is 1.90. The van der Waals surface area contributed by atoms with Crippen LogP contribution in [0, 0.1) is 17.8 Å². The number of amides is 2. The van der Waals surface area contributed by atoms with E-state index in [0.717, 1.165) is 32.7 Å². The van der Waals surface area contributed by atoms with Crippen LogP contribution in [0.25, 0.3) is 0 Å². The maximum atomic E-state index is 12.4. The number of carbonyl (C=O) groups is 2. The SMILES string of the molecule is CCN1CC(C(=O)N2C[C@H]3CNC[C@H]3C2)CC1=O. The second kappa shape index (κ2) is 4.53. The van der Waals surface area contributed by atoms with Crippen molar-refractivity contribution in [3.63, 3.8) is 0 Å². The summed E-state index contributed by atoms with van der Waals surface area (Å²) in [7, 11) is 0. The largest absolute Gasteiger partial charge is 0.342 e. The fourth-order valence-electron chi connectivity index (χ4n) is 3.54. The Hall–Kier alpha value is -1.10. The van der Waals surface area contributed by atoms with Crippen LogP contribution in [0.1, 0.15) is 13.3 Å². The molecule has 5 heteroatoms. The van der Waals surface area contributed by atoms with Crippen molar-refractivity contribution in [1.82, 2.24) is 15.1 Å². The molecule has 0 aromatic rings. The Labute approximate surface area is 107 Å². The van der Waals surface area contributed by atoms with Crippen LogP contribution in [0.2, 0.25) is 0 Å². The normalized spacial score (nSPS) is 35.4. The highest BCUT2D eigenvalue weighted by molar-refractivity contribution is 5.89. The molecule has 3 rings (SSSR count). The van der Waals surface area contributed by atoms with Crippen molar-refractivity contribution in [3.8, 4) is 0 Å². The van der Waals surface area contributed by atoms with E-state index < -0.39 is 0 Å². The molecule has 3 saturated heterocycles. The monoisotopic (exact) mass is 251 g/mol. The van der Waals surface area contributed by atoms with Gasteiger partial charge in [0.05, 0.1) is 5.92 Å². The number of carbonyl (C=O) groups excluding carboxylic acids is 2. The molecule has 100 valence electrons. The molecule has 1 N–H and O–H groups in total. The minimum atomic E-state index is -0.0933. The second-order valence-electron chi connectivity index (χ2n) is 5.76. The lowest BCUT2D eigenvalue weighted by Crippen LogP contribution is -2.37. The highest BCUT2D eigenvalue weighted by atomic mass is 16.2. The standard InChI is InChI=1S/C13H21N3O2/c1-2-15-6-9(3-12(15)17)13(18)16-7-10-4-14-5-11(10)8-16/h9-11,14H,2-8H2,1H3/t9?,10-,11+. The molecule has 3 fully saturated rings. The van der Waals surface area contributed by atoms with E-state index in [-0.39, 0.29) is 17.7 Å². The van der Waals surface area contributed by atoms with Gasteiger partial charge in [0, 0.05) is 45.7 Å². The van der Waals surface area contributed by atoms with Crippen molar-refractivity contribution in [1.29, 1.82) is 0 Å². The van der Waals surface area contributed by atoms with Gasteiger partial charge in [-0.3, -0.25) is 9.59 Å². The molecule has 2 amide bonds. The molecule has 0 bridgehead atoms. The van der Waals surface area contributed by atoms with Crippen molar-refractivity contribution in [2.24, 2.45) is 17.8 Å². The predicted molar refractivity (Wildman–Crippen MR) is 66.8 cm³/mol. The predicted octanol–water partition coefficient (Wildman–Crippen LogP) is -0.467. The zero-order valence-electron chi connectivity index (χ0n) is 10.9. The van der Waals surface area contributed by atoms with Gasteiger partial charge in [0.1, 0.15) is 0 Å². The molecule has 18 heavy (non-hydrogen) atoms. The van der Waals surface area contributed by atoms with Crippen molar-refractivity contribution >= 4 is 11.8 Å². The molecular weight excluding hydrogens is 230 g/mol. The smallest absolute Gasteiger partial charge is 0.228 e. The van der Waals surface area contributed by atoms with Crippen molar-refractivity contribution < 1.29 is 9.59 Å². The van der Waals surface area contributed by atoms with Gasteiger partial charge in [-0.2, -0.15) is 0 Å². The fraction of sp³-hybridized carbons (Fsp3) is 0.846. The minimum Gasteiger partial charge on any atom is -0.342 e. The average Bonchev–Trinajstić information content (AvgIpc) is 3.00. The number of hydrogen-bond acceptors (Lipinski definition) is 3. The van der Waals surface area contributed by atoms with E-state index in [4.69, 9.17) is 0 Å². The maximum absolute atomic E-state index is 12.4. The Morgan fingerprint density at radius 2 is 1.94 bits per heavy atom. The van der Waals surface area contributed by atoms with Crippen LogP contribution in [0.3, 0.4) is 0 Å². The molecule has 3 heterocycles. The number of nitrogens with zero attached hydrogens (tertiary/aromatic N) is 2. The molecule has 0 saturated carbocycles. The van der Waals surface area contributed by atoms with Crippen LogP contribution in [0.5, 0.6) is 0 Å².